The number of hydrogen-bond acceptors (Lipinski definition) is 6. The van der Waals surface area contributed by atoms with E-state index in [9.17, 15) is 4.79 Å². The summed E-state index contributed by atoms with van der Waals surface area (Å²) < 4.78 is 7.29. The van der Waals surface area contributed by atoms with Crippen molar-refractivity contribution in [2.45, 2.75) is 38.5 Å². The van der Waals surface area contributed by atoms with E-state index in [1.165, 1.54) is 16.6 Å². The van der Waals surface area contributed by atoms with Gasteiger partial charge >= 0.3 is 0 Å². The van der Waals surface area contributed by atoms with Crippen LogP contribution in [0.4, 0.5) is 0 Å². The molecule has 0 aliphatic heterocycles. The molecule has 0 bridgehead atoms. The molecule has 3 aromatic rings. The fraction of sp³-hybridized carbons (Fsp3) is 0.353. The molecule has 0 spiro atoms. The van der Waals surface area contributed by atoms with Crippen molar-refractivity contribution < 1.29 is 9.21 Å². The van der Waals surface area contributed by atoms with E-state index in [4.69, 9.17) is 4.42 Å². The normalized spacial score (nSPS) is 11.0. The van der Waals surface area contributed by atoms with E-state index < -0.39 is 0 Å². The van der Waals surface area contributed by atoms with Gasteiger partial charge in [-0.1, -0.05) is 18.7 Å². The average Bonchev–Trinajstić information content (AvgIpc) is 3.33. The highest BCUT2D eigenvalue weighted by molar-refractivity contribution is 7.99. The van der Waals surface area contributed by atoms with Gasteiger partial charge in [-0.05, 0) is 31.5 Å². The van der Waals surface area contributed by atoms with Gasteiger partial charge in [0, 0.05) is 22.4 Å². The Balaban J connectivity index is 1.63. The second-order valence-electron chi connectivity index (χ2n) is 5.55. The summed E-state index contributed by atoms with van der Waals surface area (Å²) in [5.74, 6) is 1.85. The van der Waals surface area contributed by atoms with Crippen LogP contribution in [0.1, 0.15) is 24.0 Å². The summed E-state index contributed by atoms with van der Waals surface area (Å²) in [7, 11) is 0. The summed E-state index contributed by atoms with van der Waals surface area (Å²) in [6, 6.07) is 5.75. The van der Waals surface area contributed by atoms with Crippen molar-refractivity contribution in [2.24, 2.45) is 0 Å². The van der Waals surface area contributed by atoms with E-state index in [1.807, 2.05) is 6.07 Å². The van der Waals surface area contributed by atoms with Crippen molar-refractivity contribution in [3.8, 4) is 11.4 Å². The number of aryl methyl sites for hydroxylation is 1. The number of rotatable bonds is 8. The first kappa shape index (κ1) is 17.8. The van der Waals surface area contributed by atoms with E-state index in [2.05, 4.69) is 45.4 Å². The summed E-state index contributed by atoms with van der Waals surface area (Å²) in [5.41, 5.74) is 1.08. The first-order chi connectivity index (χ1) is 12.2. The molecule has 1 amide bonds. The third-order valence-electron chi connectivity index (χ3n) is 3.53. The third-order valence-corrected chi connectivity index (χ3v) is 5.35. The van der Waals surface area contributed by atoms with Gasteiger partial charge in [0.15, 0.2) is 11.0 Å². The molecule has 0 radical (unpaired) electrons. The largest absolute Gasteiger partial charge is 0.467 e. The highest BCUT2D eigenvalue weighted by Crippen LogP contribution is 2.27. The zero-order valence-corrected chi connectivity index (χ0v) is 15.8. The fourth-order valence-electron chi connectivity index (χ4n) is 2.37. The quantitative estimate of drug-likeness (QED) is 0.607. The van der Waals surface area contributed by atoms with Crippen LogP contribution in [0.3, 0.4) is 0 Å². The molecule has 0 saturated heterocycles. The molecule has 3 heterocycles. The zero-order chi connectivity index (χ0) is 17.6. The number of hydrogen-bond donors (Lipinski definition) is 1. The molecular weight excluding hydrogens is 356 g/mol. The number of furan rings is 1. The molecular formula is C17H20N4O2S2. The van der Waals surface area contributed by atoms with Crippen LogP contribution in [0.5, 0.6) is 0 Å². The topological polar surface area (TPSA) is 73.0 Å². The highest BCUT2D eigenvalue weighted by Gasteiger charge is 2.16. The van der Waals surface area contributed by atoms with E-state index in [-0.39, 0.29) is 5.91 Å². The van der Waals surface area contributed by atoms with Crippen LogP contribution >= 0.6 is 23.1 Å². The summed E-state index contributed by atoms with van der Waals surface area (Å²) in [6.45, 7) is 5.42. The lowest BCUT2D eigenvalue weighted by Crippen LogP contribution is -2.24. The molecule has 3 aromatic heterocycles. The maximum absolute atomic E-state index is 12.0. The van der Waals surface area contributed by atoms with Crippen LogP contribution in [0.25, 0.3) is 11.4 Å². The van der Waals surface area contributed by atoms with Gasteiger partial charge in [0.1, 0.15) is 5.76 Å². The Morgan fingerprint density at radius 1 is 1.44 bits per heavy atom. The van der Waals surface area contributed by atoms with Crippen LogP contribution < -0.4 is 5.32 Å². The van der Waals surface area contributed by atoms with Gasteiger partial charge in [-0.15, -0.1) is 21.5 Å². The first-order valence-electron chi connectivity index (χ1n) is 8.08. The van der Waals surface area contributed by atoms with E-state index in [0.29, 0.717) is 12.3 Å². The van der Waals surface area contributed by atoms with Gasteiger partial charge in [0.05, 0.1) is 18.6 Å². The average molecular weight is 377 g/mol. The molecule has 6 nitrogen and oxygen atoms in total. The maximum atomic E-state index is 12.0. The predicted molar refractivity (Wildman–Crippen MR) is 99.6 cm³/mol. The van der Waals surface area contributed by atoms with Crippen molar-refractivity contribution in [1.29, 1.82) is 0 Å². The van der Waals surface area contributed by atoms with Crippen LogP contribution in [-0.4, -0.2) is 26.4 Å². The second kappa shape index (κ2) is 8.35. The van der Waals surface area contributed by atoms with E-state index in [0.717, 1.165) is 35.3 Å². The number of amides is 1. The molecule has 1 N–H and O–H groups in total. The standard InChI is InChI=1S/C17H20N4O2S2/c1-3-6-21-16(13-8-12(2)24-10-13)19-20-17(21)25-11-15(22)18-9-14-5-4-7-23-14/h4-5,7-8,10H,3,6,9,11H2,1-2H3,(H,18,22). The number of nitrogens with zero attached hydrogens (tertiary/aromatic N) is 3. The van der Waals surface area contributed by atoms with Crippen LogP contribution in [-0.2, 0) is 17.9 Å². The molecule has 0 unspecified atom stereocenters. The summed E-state index contributed by atoms with van der Waals surface area (Å²) in [5, 5.41) is 14.3. The Kier molecular flexibility index (Phi) is 5.93. The number of aromatic nitrogens is 3. The lowest BCUT2D eigenvalue weighted by Gasteiger charge is -2.08. The zero-order valence-electron chi connectivity index (χ0n) is 14.2. The van der Waals surface area contributed by atoms with Crippen molar-refractivity contribution in [3.05, 3.63) is 40.5 Å². The predicted octanol–water partition coefficient (Wildman–Crippen LogP) is 3.73. The first-order valence-corrected chi connectivity index (χ1v) is 9.94. The maximum Gasteiger partial charge on any atom is 0.230 e. The van der Waals surface area contributed by atoms with Gasteiger partial charge in [0.25, 0.3) is 0 Å². The molecule has 0 aliphatic carbocycles. The third kappa shape index (κ3) is 4.52. The minimum Gasteiger partial charge on any atom is -0.467 e. The second-order valence-corrected chi connectivity index (χ2v) is 7.61. The van der Waals surface area contributed by atoms with E-state index >= 15 is 0 Å². The molecule has 3 rings (SSSR count). The van der Waals surface area contributed by atoms with Crippen LogP contribution in [0.15, 0.2) is 39.4 Å². The molecule has 0 saturated carbocycles. The lowest BCUT2D eigenvalue weighted by molar-refractivity contribution is -0.118. The molecule has 0 atom stereocenters. The minimum absolute atomic E-state index is 0.0552. The van der Waals surface area contributed by atoms with Crippen molar-refractivity contribution in [3.63, 3.8) is 0 Å². The van der Waals surface area contributed by atoms with Crippen LogP contribution in [0, 0.1) is 6.92 Å². The Hall–Kier alpha value is -2.06. The molecule has 25 heavy (non-hydrogen) atoms. The van der Waals surface area contributed by atoms with Crippen molar-refractivity contribution in [2.75, 3.05) is 5.75 Å². The van der Waals surface area contributed by atoms with Crippen LogP contribution in [0.2, 0.25) is 0 Å². The van der Waals surface area contributed by atoms with Gasteiger partial charge in [0.2, 0.25) is 5.91 Å². The monoisotopic (exact) mass is 376 g/mol. The summed E-state index contributed by atoms with van der Waals surface area (Å²) in [4.78, 5) is 13.3. The molecule has 132 valence electrons. The smallest absolute Gasteiger partial charge is 0.230 e. The van der Waals surface area contributed by atoms with E-state index in [1.54, 1.807) is 23.7 Å². The van der Waals surface area contributed by atoms with Gasteiger partial charge < -0.3 is 14.3 Å². The Morgan fingerprint density at radius 3 is 3.00 bits per heavy atom. The summed E-state index contributed by atoms with van der Waals surface area (Å²) >= 11 is 3.10. The number of thiophene rings is 1. The molecule has 0 fully saturated rings. The lowest BCUT2D eigenvalue weighted by atomic mass is 10.3. The Labute approximate surface area is 154 Å². The molecule has 0 aromatic carbocycles. The fourth-order valence-corrected chi connectivity index (χ4v) is 3.85. The number of nitrogens with one attached hydrogen (secondary N) is 1. The number of carbonyl (C=O) groups excluding carboxylic acids is 1. The SMILES string of the molecule is CCCn1c(SCC(=O)NCc2ccco2)nnc1-c1csc(C)c1. The van der Waals surface area contributed by atoms with Gasteiger partial charge in [-0.2, -0.15) is 0 Å². The van der Waals surface area contributed by atoms with Gasteiger partial charge in [-0.3, -0.25) is 4.79 Å². The minimum atomic E-state index is -0.0552. The molecule has 8 heteroatoms. The number of thioether (sulfide) groups is 1. The van der Waals surface area contributed by atoms with Gasteiger partial charge in [-0.25, -0.2) is 0 Å². The number of carbonyl (C=O) groups is 1. The van der Waals surface area contributed by atoms with Crippen molar-refractivity contribution >= 4 is 29.0 Å². The molecule has 0 aliphatic rings. The Morgan fingerprint density at radius 2 is 2.32 bits per heavy atom. The summed E-state index contributed by atoms with van der Waals surface area (Å²) in [6.07, 6.45) is 2.57. The van der Waals surface area contributed by atoms with Crippen molar-refractivity contribution in [1.82, 2.24) is 20.1 Å². The highest BCUT2D eigenvalue weighted by atomic mass is 32.2. The Bertz CT molecular complexity index is 824.